The van der Waals surface area contributed by atoms with Crippen molar-refractivity contribution in [2.75, 3.05) is 20.9 Å². The normalized spacial score (nSPS) is 11.6. The number of hydrogen-bond acceptors (Lipinski definition) is 7. The zero-order chi connectivity index (χ0) is 29.1. The Balaban J connectivity index is 1.53. The predicted molar refractivity (Wildman–Crippen MR) is 154 cm³/mol. The summed E-state index contributed by atoms with van der Waals surface area (Å²) < 4.78 is 56.1. The van der Waals surface area contributed by atoms with E-state index in [4.69, 9.17) is 0 Å². The third kappa shape index (κ3) is 6.82. The first-order valence-corrected chi connectivity index (χ1v) is 15.2. The van der Waals surface area contributed by atoms with E-state index in [1.807, 2.05) is 19.9 Å². The second-order valence-corrected chi connectivity index (χ2v) is 12.9. The smallest absolute Gasteiger partial charge is 0.264 e. The number of nitrogens with zero attached hydrogens (tertiary/aromatic N) is 3. The van der Waals surface area contributed by atoms with E-state index in [1.165, 1.54) is 36.4 Å². The molecule has 4 rings (SSSR count). The van der Waals surface area contributed by atoms with E-state index in [2.05, 4.69) is 20.0 Å². The summed E-state index contributed by atoms with van der Waals surface area (Å²) in [4.78, 5) is 21.2. The SMILES string of the molecule is Cc1ccc(S(=O)(=O)N(CC(=O)Nc2ccc(S(=O)(=O)Nc3nc(C)cc(C)n3)cc2)c2cccc(C)c2)cc1. The van der Waals surface area contributed by atoms with Crippen molar-refractivity contribution in [1.82, 2.24) is 9.97 Å². The summed E-state index contributed by atoms with van der Waals surface area (Å²) in [6.07, 6.45) is 0. The Morgan fingerprint density at radius 1 is 0.750 bits per heavy atom. The van der Waals surface area contributed by atoms with Crippen LogP contribution in [0.15, 0.2) is 88.7 Å². The van der Waals surface area contributed by atoms with Crippen molar-refractivity contribution < 1.29 is 21.6 Å². The number of rotatable bonds is 9. The Morgan fingerprint density at radius 2 is 1.35 bits per heavy atom. The molecule has 0 atom stereocenters. The Morgan fingerprint density at radius 3 is 1.95 bits per heavy atom. The summed E-state index contributed by atoms with van der Waals surface area (Å²) in [7, 11) is -8.04. The second kappa shape index (κ2) is 11.4. The molecule has 0 bridgehead atoms. The van der Waals surface area contributed by atoms with E-state index < -0.39 is 32.5 Å². The lowest BCUT2D eigenvalue weighted by atomic mass is 10.2. The molecule has 0 fully saturated rings. The Labute approximate surface area is 234 Å². The van der Waals surface area contributed by atoms with Crippen molar-refractivity contribution in [1.29, 1.82) is 0 Å². The van der Waals surface area contributed by atoms with Gasteiger partial charge in [0.2, 0.25) is 11.9 Å². The molecule has 0 aliphatic heterocycles. The van der Waals surface area contributed by atoms with Crippen molar-refractivity contribution >= 4 is 43.3 Å². The van der Waals surface area contributed by atoms with Gasteiger partial charge in [0.05, 0.1) is 15.5 Å². The lowest BCUT2D eigenvalue weighted by Crippen LogP contribution is -2.38. The van der Waals surface area contributed by atoms with E-state index in [1.54, 1.807) is 50.2 Å². The average molecular weight is 580 g/mol. The van der Waals surface area contributed by atoms with E-state index >= 15 is 0 Å². The maximum Gasteiger partial charge on any atom is 0.264 e. The Bertz CT molecular complexity index is 1740. The first-order valence-electron chi connectivity index (χ1n) is 12.2. The summed E-state index contributed by atoms with van der Waals surface area (Å²) in [5, 5.41) is 2.65. The number of nitrogens with one attached hydrogen (secondary N) is 2. The summed E-state index contributed by atoms with van der Waals surface area (Å²) in [6.45, 7) is 6.65. The van der Waals surface area contributed by atoms with Crippen LogP contribution >= 0.6 is 0 Å². The van der Waals surface area contributed by atoms with Crippen LogP contribution in [0.2, 0.25) is 0 Å². The summed E-state index contributed by atoms with van der Waals surface area (Å²) in [5.41, 5.74) is 3.61. The molecule has 0 aliphatic rings. The second-order valence-electron chi connectivity index (χ2n) is 9.32. The monoisotopic (exact) mass is 579 g/mol. The largest absolute Gasteiger partial charge is 0.325 e. The maximum absolute atomic E-state index is 13.6. The topological polar surface area (TPSA) is 138 Å². The fourth-order valence-corrected chi connectivity index (χ4v) is 6.29. The maximum atomic E-state index is 13.6. The molecule has 0 saturated heterocycles. The molecule has 3 aromatic carbocycles. The van der Waals surface area contributed by atoms with Gasteiger partial charge in [-0.1, -0.05) is 29.8 Å². The van der Waals surface area contributed by atoms with Crippen molar-refractivity contribution in [3.63, 3.8) is 0 Å². The van der Waals surface area contributed by atoms with Crippen LogP contribution in [0.25, 0.3) is 0 Å². The van der Waals surface area contributed by atoms with Crippen LogP contribution in [-0.4, -0.2) is 39.3 Å². The molecule has 208 valence electrons. The van der Waals surface area contributed by atoms with Crippen molar-refractivity contribution in [2.24, 2.45) is 0 Å². The highest BCUT2D eigenvalue weighted by Crippen LogP contribution is 2.25. The van der Waals surface area contributed by atoms with E-state index in [-0.39, 0.29) is 15.7 Å². The van der Waals surface area contributed by atoms with Crippen LogP contribution in [-0.2, 0) is 24.8 Å². The number of carbonyl (C=O) groups is 1. The van der Waals surface area contributed by atoms with Gasteiger partial charge in [-0.15, -0.1) is 0 Å². The molecule has 1 aromatic heterocycles. The lowest BCUT2D eigenvalue weighted by molar-refractivity contribution is -0.114. The third-order valence-corrected chi connectivity index (χ3v) is 8.97. The number of hydrogen-bond donors (Lipinski definition) is 2. The number of amides is 1. The molecule has 0 aliphatic carbocycles. The molecule has 4 aromatic rings. The number of sulfonamides is 2. The van der Waals surface area contributed by atoms with Gasteiger partial charge >= 0.3 is 0 Å². The van der Waals surface area contributed by atoms with E-state index in [0.29, 0.717) is 22.8 Å². The number of carbonyl (C=O) groups excluding carboxylic acids is 1. The molecular weight excluding hydrogens is 550 g/mol. The minimum absolute atomic E-state index is 0.0408. The molecule has 0 saturated carbocycles. The molecule has 2 N–H and O–H groups in total. The molecule has 0 spiro atoms. The van der Waals surface area contributed by atoms with Crippen molar-refractivity contribution in [3.05, 3.63) is 101 Å². The van der Waals surface area contributed by atoms with Gasteiger partial charge in [0.15, 0.2) is 0 Å². The molecule has 0 unspecified atom stereocenters. The molecule has 10 nitrogen and oxygen atoms in total. The summed E-state index contributed by atoms with van der Waals surface area (Å²) >= 11 is 0. The van der Waals surface area contributed by atoms with E-state index in [0.717, 1.165) is 15.4 Å². The summed E-state index contributed by atoms with van der Waals surface area (Å²) in [6, 6.07) is 20.4. The zero-order valence-electron chi connectivity index (χ0n) is 22.4. The highest BCUT2D eigenvalue weighted by Gasteiger charge is 2.27. The van der Waals surface area contributed by atoms with Gasteiger partial charge in [-0.05, 0) is 87.9 Å². The number of benzene rings is 3. The molecule has 0 radical (unpaired) electrons. The third-order valence-electron chi connectivity index (χ3n) is 5.84. The van der Waals surface area contributed by atoms with Crippen LogP contribution < -0.4 is 14.3 Å². The van der Waals surface area contributed by atoms with Gasteiger partial charge in [0, 0.05) is 17.1 Å². The fraction of sp³-hybridized carbons (Fsp3) is 0.179. The predicted octanol–water partition coefficient (Wildman–Crippen LogP) is 4.35. The summed E-state index contributed by atoms with van der Waals surface area (Å²) in [5.74, 6) is -0.643. The van der Waals surface area contributed by atoms with Gasteiger partial charge in [0.1, 0.15) is 6.54 Å². The standard InChI is InChI=1S/C28H29N5O5S2/c1-19-8-12-26(13-9-19)40(37,38)33(24-7-5-6-20(2)16-24)18-27(34)31-23-10-14-25(15-11-23)39(35,36)32-28-29-21(3)17-22(4)30-28/h5-17H,18H2,1-4H3,(H,31,34)(H,29,30,32). The Hall–Kier alpha value is -4.29. The minimum atomic E-state index is -4.06. The van der Waals surface area contributed by atoms with Crippen LogP contribution in [0.1, 0.15) is 22.5 Å². The zero-order valence-corrected chi connectivity index (χ0v) is 24.0. The minimum Gasteiger partial charge on any atom is -0.325 e. The first-order chi connectivity index (χ1) is 18.8. The van der Waals surface area contributed by atoms with Gasteiger partial charge < -0.3 is 5.32 Å². The van der Waals surface area contributed by atoms with Gasteiger partial charge in [-0.2, -0.15) is 0 Å². The fourth-order valence-electron chi connectivity index (χ4n) is 3.93. The number of aromatic nitrogens is 2. The van der Waals surface area contributed by atoms with Crippen LogP contribution in [0, 0.1) is 27.7 Å². The van der Waals surface area contributed by atoms with Crippen LogP contribution in [0.5, 0.6) is 0 Å². The van der Waals surface area contributed by atoms with Gasteiger partial charge in [-0.25, -0.2) is 31.5 Å². The number of anilines is 3. The first kappa shape index (κ1) is 28.7. The van der Waals surface area contributed by atoms with Crippen LogP contribution in [0.4, 0.5) is 17.3 Å². The molecular formula is C28H29N5O5S2. The molecule has 1 amide bonds. The quantitative estimate of drug-likeness (QED) is 0.301. The highest BCUT2D eigenvalue weighted by atomic mass is 32.2. The highest BCUT2D eigenvalue weighted by molar-refractivity contribution is 7.93. The van der Waals surface area contributed by atoms with E-state index in [9.17, 15) is 21.6 Å². The van der Waals surface area contributed by atoms with Gasteiger partial charge in [0.25, 0.3) is 20.0 Å². The Kier molecular flexibility index (Phi) is 8.21. The lowest BCUT2D eigenvalue weighted by Gasteiger charge is -2.24. The van der Waals surface area contributed by atoms with Gasteiger partial charge in [-0.3, -0.25) is 9.10 Å². The molecule has 1 heterocycles. The van der Waals surface area contributed by atoms with Crippen molar-refractivity contribution in [3.8, 4) is 0 Å². The van der Waals surface area contributed by atoms with Crippen LogP contribution in [0.3, 0.4) is 0 Å². The number of aryl methyl sites for hydroxylation is 4. The van der Waals surface area contributed by atoms with Crippen molar-refractivity contribution in [2.45, 2.75) is 37.5 Å². The molecule has 12 heteroatoms. The average Bonchev–Trinajstić information content (AvgIpc) is 2.87. The molecule has 40 heavy (non-hydrogen) atoms.